The van der Waals surface area contributed by atoms with E-state index in [9.17, 15) is 13.2 Å². The Hall–Kier alpha value is -1.34. The standard InChI is InChI=1S/C14H10F3IN2OS/c1-9-13(7-8-22-18)10(2)20(19-9)11-3-5-12(6-4-11)21-14(15,16)17/h3-6H,1-2H3. The van der Waals surface area contributed by atoms with Crippen molar-refractivity contribution in [2.24, 2.45) is 0 Å². The van der Waals surface area contributed by atoms with Crippen LogP contribution < -0.4 is 4.74 Å². The van der Waals surface area contributed by atoms with Crippen molar-refractivity contribution in [3.05, 3.63) is 41.2 Å². The summed E-state index contributed by atoms with van der Waals surface area (Å²) in [7, 11) is 1.37. The highest BCUT2D eigenvalue weighted by atomic mass is 127. The molecule has 0 atom stereocenters. The molecule has 1 aromatic heterocycles. The van der Waals surface area contributed by atoms with Crippen molar-refractivity contribution in [3.63, 3.8) is 0 Å². The van der Waals surface area contributed by atoms with Crippen LogP contribution in [-0.4, -0.2) is 16.1 Å². The smallest absolute Gasteiger partial charge is 0.406 e. The van der Waals surface area contributed by atoms with E-state index < -0.39 is 6.36 Å². The number of aromatic nitrogens is 2. The first-order valence-electron chi connectivity index (χ1n) is 6.03. The van der Waals surface area contributed by atoms with Gasteiger partial charge >= 0.3 is 6.36 Å². The summed E-state index contributed by atoms with van der Waals surface area (Å²) in [5.74, 6) is 2.75. The molecule has 0 aliphatic heterocycles. The summed E-state index contributed by atoms with van der Waals surface area (Å²) < 4.78 is 41.9. The zero-order valence-corrected chi connectivity index (χ0v) is 14.5. The van der Waals surface area contributed by atoms with E-state index in [1.807, 2.05) is 13.8 Å². The van der Waals surface area contributed by atoms with Gasteiger partial charge in [0.05, 0.1) is 22.6 Å². The average molecular weight is 438 g/mol. The number of nitrogens with zero attached hydrogens (tertiary/aromatic N) is 2. The number of alkyl halides is 3. The third kappa shape index (κ3) is 4.10. The van der Waals surface area contributed by atoms with Gasteiger partial charge in [-0.25, -0.2) is 4.68 Å². The topological polar surface area (TPSA) is 27.1 Å². The van der Waals surface area contributed by atoms with E-state index in [0.29, 0.717) is 5.69 Å². The highest BCUT2D eigenvalue weighted by Gasteiger charge is 2.31. The molecule has 1 heterocycles. The molecule has 0 bridgehead atoms. The van der Waals surface area contributed by atoms with Crippen molar-refractivity contribution in [3.8, 4) is 22.6 Å². The first-order valence-corrected chi connectivity index (χ1v) is 9.39. The Bertz CT molecular complexity index is 730. The van der Waals surface area contributed by atoms with Crippen LogP contribution in [0.5, 0.6) is 5.75 Å². The fraction of sp³-hybridized carbons (Fsp3) is 0.214. The molecule has 22 heavy (non-hydrogen) atoms. The van der Waals surface area contributed by atoms with Gasteiger partial charge in [0.1, 0.15) is 5.75 Å². The summed E-state index contributed by atoms with van der Waals surface area (Å²) in [4.78, 5) is 0. The van der Waals surface area contributed by atoms with Crippen LogP contribution in [0, 0.1) is 25.0 Å². The molecule has 0 amide bonds. The molecule has 0 fully saturated rings. The first-order chi connectivity index (χ1) is 10.3. The number of aryl methyl sites for hydroxylation is 1. The van der Waals surface area contributed by atoms with Crippen LogP contribution in [0.15, 0.2) is 24.3 Å². The van der Waals surface area contributed by atoms with E-state index in [-0.39, 0.29) is 5.75 Å². The number of rotatable bonds is 2. The van der Waals surface area contributed by atoms with Crippen LogP contribution in [0.3, 0.4) is 0 Å². The van der Waals surface area contributed by atoms with E-state index >= 15 is 0 Å². The van der Waals surface area contributed by atoms with Crippen molar-refractivity contribution in [2.45, 2.75) is 20.2 Å². The van der Waals surface area contributed by atoms with E-state index in [1.165, 1.54) is 33.2 Å². The molecular formula is C14H10F3IN2OS. The second-order valence-corrected chi connectivity index (χ2v) is 5.98. The lowest BCUT2D eigenvalue weighted by atomic mass is 10.2. The minimum atomic E-state index is -4.69. The molecule has 0 N–H and O–H groups in total. The molecule has 0 radical (unpaired) electrons. The van der Waals surface area contributed by atoms with Gasteiger partial charge in [0.2, 0.25) is 0 Å². The number of ether oxygens (including phenoxy) is 1. The van der Waals surface area contributed by atoms with Gasteiger partial charge in [-0.2, -0.15) is 5.10 Å². The van der Waals surface area contributed by atoms with Gasteiger partial charge in [-0.3, -0.25) is 0 Å². The van der Waals surface area contributed by atoms with Gasteiger partial charge in [-0.05, 0) is 52.3 Å². The van der Waals surface area contributed by atoms with Crippen molar-refractivity contribution in [1.82, 2.24) is 9.78 Å². The predicted molar refractivity (Wildman–Crippen MR) is 88.2 cm³/mol. The zero-order chi connectivity index (χ0) is 16.3. The number of halogens is 4. The van der Waals surface area contributed by atoms with Gasteiger partial charge in [-0.15, -0.1) is 13.2 Å². The molecule has 0 aliphatic carbocycles. The van der Waals surface area contributed by atoms with E-state index in [0.717, 1.165) is 17.0 Å². The average Bonchev–Trinajstić information content (AvgIpc) is 2.71. The summed E-state index contributed by atoms with van der Waals surface area (Å²) in [6.45, 7) is 3.70. The molecule has 1 aromatic carbocycles. The monoisotopic (exact) mass is 438 g/mol. The summed E-state index contributed by atoms with van der Waals surface area (Å²) in [6.07, 6.45) is -4.69. The lowest BCUT2D eigenvalue weighted by molar-refractivity contribution is -0.274. The van der Waals surface area contributed by atoms with E-state index in [2.05, 4.69) is 42.2 Å². The van der Waals surface area contributed by atoms with Crippen molar-refractivity contribution < 1.29 is 17.9 Å². The van der Waals surface area contributed by atoms with Crippen LogP contribution in [0.2, 0.25) is 0 Å². The third-order valence-corrected chi connectivity index (χ3v) is 3.66. The van der Waals surface area contributed by atoms with Crippen molar-refractivity contribution in [1.29, 1.82) is 0 Å². The SMILES string of the molecule is Cc1nn(-c2ccc(OC(F)(F)F)cc2)c(C)c1C#CSI. The molecule has 3 nitrogen and oxygen atoms in total. The fourth-order valence-corrected chi connectivity index (χ4v) is 2.41. The van der Waals surface area contributed by atoms with Crippen LogP contribution in [-0.2, 0) is 0 Å². The molecule has 0 spiro atoms. The van der Waals surface area contributed by atoms with E-state index in [4.69, 9.17) is 0 Å². The third-order valence-electron chi connectivity index (χ3n) is 2.82. The summed E-state index contributed by atoms with van der Waals surface area (Å²) in [5, 5.41) is 7.28. The fourth-order valence-electron chi connectivity index (χ4n) is 1.93. The quantitative estimate of drug-likeness (QED) is 0.499. The normalized spacial score (nSPS) is 11.0. The Balaban J connectivity index is 2.33. The highest BCUT2D eigenvalue weighted by Crippen LogP contribution is 2.25. The van der Waals surface area contributed by atoms with Crippen molar-refractivity contribution in [2.75, 3.05) is 0 Å². The van der Waals surface area contributed by atoms with E-state index in [1.54, 1.807) is 4.68 Å². The lowest BCUT2D eigenvalue weighted by Gasteiger charge is -2.10. The number of benzene rings is 1. The molecule has 8 heteroatoms. The molecule has 0 saturated heterocycles. The molecule has 116 valence electrons. The maximum Gasteiger partial charge on any atom is 0.573 e. The molecular weight excluding hydrogens is 428 g/mol. The van der Waals surface area contributed by atoms with Crippen LogP contribution in [0.1, 0.15) is 17.0 Å². The summed E-state index contributed by atoms with van der Waals surface area (Å²) >= 11 is 2.08. The van der Waals surface area contributed by atoms with Gasteiger partial charge in [-0.1, -0.05) is 5.92 Å². The Kier molecular flexibility index (Phi) is 5.28. The van der Waals surface area contributed by atoms with Gasteiger partial charge in [0, 0.05) is 21.2 Å². The predicted octanol–water partition coefficient (Wildman–Crippen LogP) is 4.78. The highest BCUT2D eigenvalue weighted by molar-refractivity contribution is 14.2. The van der Waals surface area contributed by atoms with Crippen molar-refractivity contribution >= 4 is 30.1 Å². The first kappa shape index (κ1) is 17.0. The van der Waals surface area contributed by atoms with Crippen LogP contribution in [0.25, 0.3) is 5.69 Å². The zero-order valence-electron chi connectivity index (χ0n) is 11.5. The minimum Gasteiger partial charge on any atom is -0.406 e. The maximum atomic E-state index is 12.1. The molecule has 2 aromatic rings. The number of hydrogen-bond acceptors (Lipinski definition) is 3. The Morgan fingerprint density at radius 2 is 1.86 bits per heavy atom. The molecule has 0 saturated carbocycles. The largest absolute Gasteiger partial charge is 0.573 e. The van der Waals surface area contributed by atoms with Gasteiger partial charge in [0.25, 0.3) is 0 Å². The molecule has 0 aliphatic rings. The molecule has 0 unspecified atom stereocenters. The van der Waals surface area contributed by atoms with Crippen LogP contribution >= 0.6 is 30.1 Å². The Morgan fingerprint density at radius 3 is 2.41 bits per heavy atom. The lowest BCUT2D eigenvalue weighted by Crippen LogP contribution is -2.17. The van der Waals surface area contributed by atoms with Gasteiger partial charge < -0.3 is 4.74 Å². The Labute approximate surface area is 141 Å². The second kappa shape index (κ2) is 6.83. The maximum absolute atomic E-state index is 12.1. The second-order valence-electron chi connectivity index (χ2n) is 4.30. The summed E-state index contributed by atoms with van der Waals surface area (Å²) in [6, 6.07) is 5.55. The number of hydrogen-bond donors (Lipinski definition) is 0. The minimum absolute atomic E-state index is 0.265. The van der Waals surface area contributed by atoms with Gasteiger partial charge in [0.15, 0.2) is 0 Å². The van der Waals surface area contributed by atoms with Crippen LogP contribution in [0.4, 0.5) is 13.2 Å². The Morgan fingerprint density at radius 1 is 1.23 bits per heavy atom. The molecule has 2 rings (SSSR count). The summed E-state index contributed by atoms with van der Waals surface area (Å²) in [5.41, 5.74) is 3.07.